The van der Waals surface area contributed by atoms with Gasteiger partial charge in [-0.2, -0.15) is 0 Å². The number of hydrazine groups is 1. The molecule has 0 aliphatic rings. The van der Waals surface area contributed by atoms with Gasteiger partial charge in [0.25, 0.3) is 0 Å². The Morgan fingerprint density at radius 2 is 1.25 bits per heavy atom. The van der Waals surface area contributed by atoms with Crippen LogP contribution in [0.1, 0.15) is 12.8 Å². The molecule has 0 fully saturated rings. The Bertz CT molecular complexity index is 146. The lowest BCUT2D eigenvalue weighted by molar-refractivity contribution is -0.128. The highest BCUT2D eigenvalue weighted by atomic mass is 79.9. The van der Waals surface area contributed by atoms with E-state index in [0.717, 1.165) is 0 Å². The summed E-state index contributed by atoms with van der Waals surface area (Å²) >= 11 is 6.21. The van der Waals surface area contributed by atoms with Gasteiger partial charge in [0.15, 0.2) is 0 Å². The summed E-state index contributed by atoms with van der Waals surface area (Å²) in [6, 6.07) is 0. The molecule has 0 aromatic rings. The maximum atomic E-state index is 10.8. The molecule has 0 aliphatic heterocycles. The second kappa shape index (κ2) is 7.54. The quantitative estimate of drug-likeness (QED) is 0.593. The van der Waals surface area contributed by atoms with E-state index in [4.69, 9.17) is 0 Å². The van der Waals surface area contributed by atoms with Gasteiger partial charge in [0, 0.05) is 23.5 Å². The summed E-state index contributed by atoms with van der Waals surface area (Å²) < 4.78 is 0. The van der Waals surface area contributed by atoms with Gasteiger partial charge in [-0.15, -0.1) is 0 Å². The van der Waals surface area contributed by atoms with Crippen LogP contribution in [0.5, 0.6) is 0 Å². The van der Waals surface area contributed by atoms with Crippen LogP contribution >= 0.6 is 31.9 Å². The number of carbonyl (C=O) groups is 2. The molecule has 0 atom stereocenters. The van der Waals surface area contributed by atoms with Crippen molar-refractivity contribution < 1.29 is 9.59 Å². The summed E-state index contributed by atoms with van der Waals surface area (Å²) in [5.74, 6) is -0.399. The number of amides is 2. The third kappa shape index (κ3) is 6.60. The van der Waals surface area contributed by atoms with Crippen LogP contribution in [0.25, 0.3) is 0 Å². The minimum atomic E-state index is -0.199. The summed E-state index contributed by atoms with van der Waals surface area (Å²) in [5.41, 5.74) is 4.56. The van der Waals surface area contributed by atoms with Crippen LogP contribution in [0.3, 0.4) is 0 Å². The average molecular weight is 302 g/mol. The molecule has 0 aromatic heterocycles. The standard InChI is InChI=1S/C6H10Br2N2O2/c7-3-1-5(11)9-10-6(12)2-4-8/h1-4H2,(H,9,11)(H,10,12). The summed E-state index contributed by atoms with van der Waals surface area (Å²) in [4.78, 5) is 21.6. The highest BCUT2D eigenvalue weighted by Gasteiger charge is 2.01. The first-order valence-corrected chi connectivity index (χ1v) is 5.64. The third-order valence-electron chi connectivity index (χ3n) is 0.984. The van der Waals surface area contributed by atoms with Gasteiger partial charge in [-0.3, -0.25) is 20.4 Å². The molecule has 2 N–H and O–H groups in total. The van der Waals surface area contributed by atoms with Crippen LogP contribution in [-0.2, 0) is 9.59 Å². The molecule has 70 valence electrons. The van der Waals surface area contributed by atoms with Crippen LogP contribution in [0.2, 0.25) is 0 Å². The fourth-order valence-corrected chi connectivity index (χ4v) is 1.16. The zero-order valence-corrected chi connectivity index (χ0v) is 9.57. The van der Waals surface area contributed by atoms with Gasteiger partial charge in [-0.1, -0.05) is 31.9 Å². The normalized spacial score (nSPS) is 9.17. The fourth-order valence-electron chi connectivity index (χ4n) is 0.436. The highest BCUT2D eigenvalue weighted by molar-refractivity contribution is 9.09. The van der Waals surface area contributed by atoms with Crippen molar-refractivity contribution in [2.24, 2.45) is 0 Å². The van der Waals surface area contributed by atoms with E-state index in [1.54, 1.807) is 0 Å². The number of alkyl halides is 2. The van der Waals surface area contributed by atoms with Gasteiger partial charge in [-0.05, 0) is 0 Å². The zero-order valence-electron chi connectivity index (χ0n) is 6.40. The molecule has 0 radical (unpaired) electrons. The summed E-state index contributed by atoms with van der Waals surface area (Å²) in [5, 5.41) is 1.18. The summed E-state index contributed by atoms with van der Waals surface area (Å²) in [6.45, 7) is 0. The molecule has 0 rings (SSSR count). The van der Waals surface area contributed by atoms with Crippen LogP contribution in [-0.4, -0.2) is 22.5 Å². The van der Waals surface area contributed by atoms with Crippen molar-refractivity contribution in [1.29, 1.82) is 0 Å². The molecule has 6 heteroatoms. The lowest BCUT2D eigenvalue weighted by atomic mass is 10.4. The zero-order chi connectivity index (χ0) is 9.40. The van der Waals surface area contributed by atoms with Crippen LogP contribution in [0, 0.1) is 0 Å². The van der Waals surface area contributed by atoms with Gasteiger partial charge in [0.1, 0.15) is 0 Å². The van der Waals surface area contributed by atoms with Crippen LogP contribution in [0.15, 0.2) is 0 Å². The number of hydrogen-bond donors (Lipinski definition) is 2. The number of hydrogen-bond acceptors (Lipinski definition) is 2. The predicted molar refractivity (Wildman–Crippen MR) is 53.1 cm³/mol. The topological polar surface area (TPSA) is 58.2 Å². The summed E-state index contributed by atoms with van der Waals surface area (Å²) in [6.07, 6.45) is 0.711. The Kier molecular flexibility index (Phi) is 7.48. The van der Waals surface area contributed by atoms with E-state index in [2.05, 4.69) is 42.7 Å². The Morgan fingerprint density at radius 3 is 1.50 bits per heavy atom. The van der Waals surface area contributed by atoms with Gasteiger partial charge in [-0.25, -0.2) is 0 Å². The van der Waals surface area contributed by atoms with Crippen molar-refractivity contribution in [1.82, 2.24) is 10.9 Å². The van der Waals surface area contributed by atoms with E-state index in [9.17, 15) is 9.59 Å². The molecule has 4 nitrogen and oxygen atoms in total. The van der Waals surface area contributed by atoms with Crippen molar-refractivity contribution in [2.45, 2.75) is 12.8 Å². The van der Waals surface area contributed by atoms with E-state index in [1.165, 1.54) is 0 Å². The van der Waals surface area contributed by atoms with E-state index < -0.39 is 0 Å². The molecule has 0 heterocycles. The van der Waals surface area contributed by atoms with Gasteiger partial charge in [0.05, 0.1) is 0 Å². The van der Waals surface area contributed by atoms with Crippen LogP contribution < -0.4 is 10.9 Å². The Hall–Kier alpha value is -0.100. The SMILES string of the molecule is O=C(CCBr)NNC(=O)CCBr. The first-order chi connectivity index (χ1) is 5.70. The Morgan fingerprint density at radius 1 is 0.917 bits per heavy atom. The summed E-state index contributed by atoms with van der Waals surface area (Å²) in [7, 11) is 0. The number of carbonyl (C=O) groups excluding carboxylic acids is 2. The second-order valence-electron chi connectivity index (χ2n) is 1.97. The molecular formula is C6H10Br2N2O2. The molecule has 0 spiro atoms. The molecule has 0 aliphatic carbocycles. The maximum Gasteiger partial charge on any atom is 0.239 e. The molecule has 0 saturated heterocycles. The molecule has 0 aromatic carbocycles. The van der Waals surface area contributed by atoms with Crippen molar-refractivity contribution in [3.8, 4) is 0 Å². The van der Waals surface area contributed by atoms with Crippen molar-refractivity contribution in [3.63, 3.8) is 0 Å². The number of nitrogens with one attached hydrogen (secondary N) is 2. The lowest BCUT2D eigenvalue weighted by Crippen LogP contribution is -2.41. The van der Waals surface area contributed by atoms with Crippen LogP contribution in [0.4, 0.5) is 0 Å². The largest absolute Gasteiger partial charge is 0.273 e. The molecule has 0 bridgehead atoms. The molecular weight excluding hydrogens is 292 g/mol. The average Bonchev–Trinajstić information content (AvgIpc) is 2.02. The van der Waals surface area contributed by atoms with E-state index in [0.29, 0.717) is 23.5 Å². The Labute approximate surface area is 87.7 Å². The molecule has 12 heavy (non-hydrogen) atoms. The minimum Gasteiger partial charge on any atom is -0.273 e. The van der Waals surface area contributed by atoms with E-state index in [-0.39, 0.29) is 11.8 Å². The minimum absolute atomic E-state index is 0.199. The third-order valence-corrected chi connectivity index (χ3v) is 1.78. The van der Waals surface area contributed by atoms with E-state index in [1.807, 2.05) is 0 Å². The van der Waals surface area contributed by atoms with Gasteiger partial charge in [0.2, 0.25) is 11.8 Å². The predicted octanol–water partition coefficient (Wildman–Crippen LogP) is 0.704. The first-order valence-electron chi connectivity index (χ1n) is 3.40. The second-order valence-corrected chi connectivity index (χ2v) is 3.56. The van der Waals surface area contributed by atoms with Crippen molar-refractivity contribution >= 4 is 43.7 Å². The molecule has 0 saturated carbocycles. The van der Waals surface area contributed by atoms with Gasteiger partial charge < -0.3 is 0 Å². The smallest absolute Gasteiger partial charge is 0.239 e. The number of rotatable bonds is 4. The lowest BCUT2D eigenvalue weighted by Gasteiger charge is -2.04. The van der Waals surface area contributed by atoms with Crippen molar-refractivity contribution in [3.05, 3.63) is 0 Å². The maximum absolute atomic E-state index is 10.8. The molecule has 0 unspecified atom stereocenters. The monoisotopic (exact) mass is 300 g/mol. The highest BCUT2D eigenvalue weighted by Crippen LogP contribution is 1.87. The van der Waals surface area contributed by atoms with Crippen molar-refractivity contribution in [2.75, 3.05) is 10.7 Å². The molecule has 2 amide bonds. The van der Waals surface area contributed by atoms with Gasteiger partial charge >= 0.3 is 0 Å². The fraction of sp³-hybridized carbons (Fsp3) is 0.667. The first kappa shape index (κ1) is 11.9. The number of halogens is 2. The Balaban J connectivity index is 3.40. The van der Waals surface area contributed by atoms with E-state index >= 15 is 0 Å².